The summed E-state index contributed by atoms with van der Waals surface area (Å²) >= 11 is 0. The average molecular weight is 242 g/mol. The summed E-state index contributed by atoms with van der Waals surface area (Å²) in [4.78, 5) is 10.7. The van der Waals surface area contributed by atoms with Crippen LogP contribution in [-0.4, -0.2) is 46.2 Å². The van der Waals surface area contributed by atoms with Gasteiger partial charge in [-0.05, 0) is 12.1 Å². The number of ether oxygens (including phenoxy) is 1. The fourth-order valence-electron chi connectivity index (χ4n) is 1.40. The first kappa shape index (κ1) is 13.4. The summed E-state index contributed by atoms with van der Waals surface area (Å²) in [6.45, 7) is -0.606. The van der Waals surface area contributed by atoms with Gasteiger partial charge >= 0.3 is 5.97 Å². The predicted molar refractivity (Wildman–Crippen MR) is 58.0 cm³/mol. The standard InChI is InChI=1S/C11H14O6/c1-17-9-4-6(11(15)16)2-3-7(9)10(14)8(13)5-12/h2-4,8,10,12-14H,5H2,1H3,(H,15,16). The van der Waals surface area contributed by atoms with Crippen LogP contribution in [0, 0.1) is 0 Å². The van der Waals surface area contributed by atoms with E-state index in [0.717, 1.165) is 0 Å². The minimum atomic E-state index is -1.35. The van der Waals surface area contributed by atoms with Crippen LogP contribution in [0.5, 0.6) is 5.75 Å². The van der Waals surface area contributed by atoms with E-state index in [1.165, 1.54) is 25.3 Å². The monoisotopic (exact) mass is 242 g/mol. The maximum Gasteiger partial charge on any atom is 0.335 e. The minimum Gasteiger partial charge on any atom is -0.496 e. The van der Waals surface area contributed by atoms with Crippen molar-refractivity contribution in [3.05, 3.63) is 29.3 Å². The Morgan fingerprint density at radius 1 is 1.41 bits per heavy atom. The Kier molecular flexibility index (Phi) is 4.45. The molecular formula is C11H14O6. The number of benzene rings is 1. The molecule has 0 heterocycles. The van der Waals surface area contributed by atoms with Crippen LogP contribution in [0.3, 0.4) is 0 Å². The smallest absolute Gasteiger partial charge is 0.335 e. The second kappa shape index (κ2) is 5.62. The first-order valence-corrected chi connectivity index (χ1v) is 4.89. The highest BCUT2D eigenvalue weighted by atomic mass is 16.5. The lowest BCUT2D eigenvalue weighted by molar-refractivity contribution is -0.0162. The average Bonchev–Trinajstić information content (AvgIpc) is 2.35. The number of hydrogen-bond donors (Lipinski definition) is 4. The zero-order valence-corrected chi connectivity index (χ0v) is 9.20. The molecule has 0 saturated carbocycles. The molecule has 17 heavy (non-hydrogen) atoms. The lowest BCUT2D eigenvalue weighted by Gasteiger charge is -2.18. The lowest BCUT2D eigenvalue weighted by atomic mass is 10.0. The maximum absolute atomic E-state index is 10.7. The van der Waals surface area contributed by atoms with E-state index in [1.54, 1.807) is 0 Å². The zero-order chi connectivity index (χ0) is 13.0. The van der Waals surface area contributed by atoms with Crippen LogP contribution in [0.1, 0.15) is 22.0 Å². The second-order valence-electron chi connectivity index (χ2n) is 3.46. The van der Waals surface area contributed by atoms with Crippen molar-refractivity contribution in [1.82, 2.24) is 0 Å². The van der Waals surface area contributed by atoms with E-state index < -0.39 is 24.8 Å². The summed E-state index contributed by atoms with van der Waals surface area (Å²) in [6.07, 6.45) is -2.68. The van der Waals surface area contributed by atoms with Crippen molar-refractivity contribution in [2.24, 2.45) is 0 Å². The molecule has 94 valence electrons. The molecule has 2 atom stereocenters. The van der Waals surface area contributed by atoms with Crippen molar-refractivity contribution in [3.8, 4) is 5.75 Å². The number of carbonyl (C=O) groups is 1. The van der Waals surface area contributed by atoms with Crippen LogP contribution in [-0.2, 0) is 0 Å². The molecule has 6 heteroatoms. The summed E-state index contributed by atoms with van der Waals surface area (Å²) in [5.41, 5.74) is 0.232. The third kappa shape index (κ3) is 2.94. The molecule has 2 unspecified atom stereocenters. The summed E-state index contributed by atoms with van der Waals surface area (Å²) in [5, 5.41) is 36.5. The highest BCUT2D eigenvalue weighted by molar-refractivity contribution is 5.88. The van der Waals surface area contributed by atoms with Gasteiger partial charge in [0.2, 0.25) is 0 Å². The molecule has 1 aromatic carbocycles. The molecule has 0 amide bonds. The van der Waals surface area contributed by atoms with Gasteiger partial charge in [0.15, 0.2) is 0 Å². The van der Waals surface area contributed by atoms with Crippen LogP contribution in [0.2, 0.25) is 0 Å². The normalized spacial score (nSPS) is 14.1. The Labute approximate surface area is 97.7 Å². The van der Waals surface area contributed by atoms with Gasteiger partial charge in [-0.15, -0.1) is 0 Å². The highest BCUT2D eigenvalue weighted by Crippen LogP contribution is 2.28. The molecule has 0 bridgehead atoms. The molecule has 4 N–H and O–H groups in total. The number of aromatic carboxylic acids is 1. The molecule has 0 aliphatic rings. The number of carboxylic acid groups (broad SMARTS) is 1. The Hall–Kier alpha value is -1.63. The van der Waals surface area contributed by atoms with Crippen LogP contribution in [0.4, 0.5) is 0 Å². The zero-order valence-electron chi connectivity index (χ0n) is 9.20. The number of hydrogen-bond acceptors (Lipinski definition) is 5. The molecule has 6 nitrogen and oxygen atoms in total. The Morgan fingerprint density at radius 3 is 2.53 bits per heavy atom. The Morgan fingerprint density at radius 2 is 2.06 bits per heavy atom. The van der Waals surface area contributed by atoms with Crippen LogP contribution in [0.15, 0.2) is 18.2 Å². The third-order valence-corrected chi connectivity index (χ3v) is 2.35. The molecule has 0 radical (unpaired) electrons. The molecule has 1 aromatic rings. The molecule has 1 rings (SSSR count). The SMILES string of the molecule is COc1cc(C(=O)O)ccc1C(O)C(O)CO. The van der Waals surface area contributed by atoms with Gasteiger partial charge in [0.1, 0.15) is 18.0 Å². The van der Waals surface area contributed by atoms with Crippen LogP contribution >= 0.6 is 0 Å². The fourth-order valence-corrected chi connectivity index (χ4v) is 1.40. The largest absolute Gasteiger partial charge is 0.496 e. The van der Waals surface area contributed by atoms with E-state index in [-0.39, 0.29) is 16.9 Å². The molecule has 0 aliphatic heterocycles. The summed E-state index contributed by atoms with van der Waals surface area (Å²) in [5.74, 6) is -0.975. The molecule has 0 spiro atoms. The molecule has 0 saturated heterocycles. The summed E-state index contributed by atoms with van der Waals surface area (Å²) in [7, 11) is 1.32. The molecule has 0 aromatic heterocycles. The Balaban J connectivity index is 3.12. The van der Waals surface area contributed by atoms with Crippen molar-refractivity contribution >= 4 is 5.97 Å². The van der Waals surface area contributed by atoms with E-state index in [4.69, 9.17) is 14.9 Å². The van der Waals surface area contributed by atoms with Gasteiger partial charge in [0.05, 0.1) is 19.3 Å². The van der Waals surface area contributed by atoms with Crippen molar-refractivity contribution in [2.75, 3.05) is 13.7 Å². The van der Waals surface area contributed by atoms with Crippen molar-refractivity contribution < 1.29 is 30.0 Å². The van der Waals surface area contributed by atoms with Gasteiger partial charge in [-0.25, -0.2) is 4.79 Å². The van der Waals surface area contributed by atoms with E-state index in [9.17, 15) is 15.0 Å². The molecule has 0 fully saturated rings. The first-order valence-electron chi connectivity index (χ1n) is 4.89. The van der Waals surface area contributed by atoms with Gasteiger partial charge in [0, 0.05) is 5.56 Å². The third-order valence-electron chi connectivity index (χ3n) is 2.35. The summed E-state index contributed by atoms with van der Waals surface area (Å²) in [6, 6.07) is 3.87. The van der Waals surface area contributed by atoms with Gasteiger partial charge in [-0.2, -0.15) is 0 Å². The number of methoxy groups -OCH3 is 1. The lowest BCUT2D eigenvalue weighted by Crippen LogP contribution is -2.22. The van der Waals surface area contributed by atoms with Crippen LogP contribution < -0.4 is 4.74 Å². The maximum atomic E-state index is 10.7. The molecular weight excluding hydrogens is 228 g/mol. The van der Waals surface area contributed by atoms with Crippen molar-refractivity contribution in [2.45, 2.75) is 12.2 Å². The van der Waals surface area contributed by atoms with Gasteiger partial charge in [0.25, 0.3) is 0 Å². The number of rotatable bonds is 5. The summed E-state index contributed by atoms with van der Waals surface area (Å²) < 4.78 is 4.94. The fraction of sp³-hybridized carbons (Fsp3) is 0.364. The van der Waals surface area contributed by atoms with Gasteiger partial charge < -0.3 is 25.2 Å². The second-order valence-corrected chi connectivity index (χ2v) is 3.46. The van der Waals surface area contributed by atoms with E-state index in [2.05, 4.69) is 0 Å². The predicted octanol–water partition coefficient (Wildman–Crippen LogP) is -0.220. The number of aliphatic hydroxyl groups excluding tert-OH is 3. The van der Waals surface area contributed by atoms with Gasteiger partial charge in [-0.1, -0.05) is 6.07 Å². The molecule has 0 aliphatic carbocycles. The number of carboxylic acids is 1. The van der Waals surface area contributed by atoms with E-state index in [0.29, 0.717) is 0 Å². The van der Waals surface area contributed by atoms with Crippen LogP contribution in [0.25, 0.3) is 0 Å². The first-order chi connectivity index (χ1) is 8.01. The van der Waals surface area contributed by atoms with E-state index in [1.807, 2.05) is 0 Å². The van der Waals surface area contributed by atoms with Gasteiger partial charge in [-0.3, -0.25) is 0 Å². The number of aliphatic hydroxyl groups is 3. The van der Waals surface area contributed by atoms with E-state index >= 15 is 0 Å². The quantitative estimate of drug-likeness (QED) is 0.568. The highest BCUT2D eigenvalue weighted by Gasteiger charge is 2.22. The minimum absolute atomic E-state index is 0.0105. The van der Waals surface area contributed by atoms with Crippen molar-refractivity contribution in [1.29, 1.82) is 0 Å². The topological polar surface area (TPSA) is 107 Å². The Bertz CT molecular complexity index is 403. The van der Waals surface area contributed by atoms with Crippen molar-refractivity contribution in [3.63, 3.8) is 0 Å².